The molecule has 2 aromatic heterocycles. The topological polar surface area (TPSA) is 69.0 Å². The van der Waals surface area contributed by atoms with E-state index in [1.807, 2.05) is 61.5 Å². The molecule has 4 aromatic rings. The van der Waals surface area contributed by atoms with Crippen molar-refractivity contribution in [1.82, 2.24) is 20.1 Å². The van der Waals surface area contributed by atoms with Crippen molar-refractivity contribution in [1.29, 1.82) is 0 Å². The van der Waals surface area contributed by atoms with Crippen molar-refractivity contribution in [2.45, 2.75) is 13.5 Å². The molecule has 7 heteroatoms. The summed E-state index contributed by atoms with van der Waals surface area (Å²) < 4.78 is 6.91. The minimum Gasteiger partial charge on any atom is -0.497 e. The van der Waals surface area contributed by atoms with Gasteiger partial charge in [-0.05, 0) is 36.8 Å². The lowest BCUT2D eigenvalue weighted by molar-refractivity contribution is 0.0951. The summed E-state index contributed by atoms with van der Waals surface area (Å²) in [7, 11) is 1.62. The van der Waals surface area contributed by atoms with E-state index in [0.29, 0.717) is 33.9 Å². The zero-order valence-electron chi connectivity index (χ0n) is 16.0. The van der Waals surface area contributed by atoms with Crippen LogP contribution < -0.4 is 10.1 Å². The third-order valence-corrected chi connectivity index (χ3v) is 5.06. The Kier molecular flexibility index (Phi) is 5.18. The number of fused-ring (bicyclic) bond motifs is 1. The molecule has 4 rings (SSSR count). The van der Waals surface area contributed by atoms with Crippen molar-refractivity contribution in [3.63, 3.8) is 0 Å². The number of hydrogen-bond donors (Lipinski definition) is 1. The van der Waals surface area contributed by atoms with Gasteiger partial charge in [0.15, 0.2) is 5.65 Å². The number of amides is 1. The van der Waals surface area contributed by atoms with E-state index < -0.39 is 0 Å². The molecule has 0 aliphatic heterocycles. The monoisotopic (exact) mass is 406 g/mol. The molecule has 0 aliphatic carbocycles. The van der Waals surface area contributed by atoms with E-state index in [1.54, 1.807) is 11.8 Å². The molecular weight excluding hydrogens is 388 g/mol. The number of rotatable bonds is 5. The predicted octanol–water partition coefficient (Wildman–Crippen LogP) is 4.32. The van der Waals surface area contributed by atoms with E-state index in [1.165, 1.54) is 6.20 Å². The van der Waals surface area contributed by atoms with Gasteiger partial charge < -0.3 is 10.1 Å². The number of aromatic nitrogens is 3. The lowest BCUT2D eigenvalue weighted by atomic mass is 10.1. The van der Waals surface area contributed by atoms with Crippen LogP contribution in [0.2, 0.25) is 5.02 Å². The van der Waals surface area contributed by atoms with Crippen LogP contribution >= 0.6 is 11.6 Å². The molecule has 0 bridgehead atoms. The van der Waals surface area contributed by atoms with E-state index in [-0.39, 0.29) is 5.91 Å². The smallest absolute Gasteiger partial charge is 0.254 e. The third-order valence-electron chi connectivity index (χ3n) is 4.67. The van der Waals surface area contributed by atoms with Crippen LogP contribution in [0.5, 0.6) is 5.75 Å². The van der Waals surface area contributed by atoms with Crippen molar-refractivity contribution >= 4 is 28.5 Å². The molecule has 0 radical (unpaired) electrons. The second-order valence-corrected chi connectivity index (χ2v) is 6.93. The van der Waals surface area contributed by atoms with Gasteiger partial charge >= 0.3 is 0 Å². The highest BCUT2D eigenvalue weighted by molar-refractivity contribution is 6.38. The highest BCUT2D eigenvalue weighted by atomic mass is 35.5. The van der Waals surface area contributed by atoms with Gasteiger partial charge in [-0.25, -0.2) is 9.67 Å². The van der Waals surface area contributed by atoms with E-state index in [2.05, 4.69) is 15.4 Å². The number of nitrogens with one attached hydrogen (secondary N) is 1. The number of carbonyl (C=O) groups is 1. The third kappa shape index (κ3) is 3.67. The maximum Gasteiger partial charge on any atom is 0.254 e. The molecule has 6 nitrogen and oxygen atoms in total. The largest absolute Gasteiger partial charge is 0.497 e. The first kappa shape index (κ1) is 19.0. The molecule has 1 N–H and O–H groups in total. The summed E-state index contributed by atoms with van der Waals surface area (Å²) in [6.45, 7) is 2.26. The van der Waals surface area contributed by atoms with E-state index in [9.17, 15) is 4.79 Å². The standard InChI is InChI=1S/C22H19ClN4O2/c1-14-19-20(23)18(22(28)25-12-15-6-4-3-5-7-15)13-24-21(19)27(26-14)16-8-10-17(29-2)11-9-16/h3-11,13H,12H2,1-2H3,(H,25,28). The first-order valence-corrected chi connectivity index (χ1v) is 9.46. The van der Waals surface area contributed by atoms with Crippen molar-refractivity contribution < 1.29 is 9.53 Å². The molecule has 1 amide bonds. The van der Waals surface area contributed by atoms with Gasteiger partial charge in [0.05, 0.1) is 34.5 Å². The Morgan fingerprint density at radius 1 is 1.14 bits per heavy atom. The molecule has 0 unspecified atom stereocenters. The molecule has 2 aromatic carbocycles. The number of methoxy groups -OCH3 is 1. The average molecular weight is 407 g/mol. The van der Waals surface area contributed by atoms with Crippen LogP contribution in [0, 0.1) is 6.92 Å². The number of pyridine rings is 1. The number of nitrogens with zero attached hydrogens (tertiary/aromatic N) is 3. The van der Waals surface area contributed by atoms with Crippen molar-refractivity contribution in [3.8, 4) is 11.4 Å². The Morgan fingerprint density at radius 2 is 1.86 bits per heavy atom. The Bertz CT molecular complexity index is 1170. The molecule has 29 heavy (non-hydrogen) atoms. The Morgan fingerprint density at radius 3 is 2.55 bits per heavy atom. The number of halogens is 1. The van der Waals surface area contributed by atoms with Gasteiger partial charge in [-0.3, -0.25) is 4.79 Å². The molecule has 0 saturated carbocycles. The number of benzene rings is 2. The fourth-order valence-electron chi connectivity index (χ4n) is 3.14. The van der Waals surface area contributed by atoms with Crippen molar-refractivity contribution in [2.75, 3.05) is 7.11 Å². The normalized spacial score (nSPS) is 10.9. The summed E-state index contributed by atoms with van der Waals surface area (Å²) in [4.78, 5) is 17.1. The maximum atomic E-state index is 12.7. The molecule has 0 atom stereocenters. The van der Waals surface area contributed by atoms with Gasteiger partial charge in [-0.1, -0.05) is 41.9 Å². The van der Waals surface area contributed by atoms with Gasteiger partial charge in [-0.15, -0.1) is 0 Å². The van der Waals surface area contributed by atoms with Gasteiger partial charge in [-0.2, -0.15) is 5.10 Å². The summed E-state index contributed by atoms with van der Waals surface area (Å²) >= 11 is 6.60. The second kappa shape index (κ2) is 7.93. The van der Waals surface area contributed by atoms with Crippen molar-refractivity contribution in [3.05, 3.63) is 82.6 Å². The first-order chi connectivity index (χ1) is 14.1. The van der Waals surface area contributed by atoms with Crippen LogP contribution in [0.15, 0.2) is 60.8 Å². The molecule has 0 spiro atoms. The molecular formula is C22H19ClN4O2. The lowest BCUT2D eigenvalue weighted by Crippen LogP contribution is -2.23. The summed E-state index contributed by atoms with van der Waals surface area (Å²) in [5, 5.41) is 8.46. The molecule has 0 saturated heterocycles. The quantitative estimate of drug-likeness (QED) is 0.536. The highest BCUT2D eigenvalue weighted by Crippen LogP contribution is 2.30. The maximum absolute atomic E-state index is 12.7. The van der Waals surface area contributed by atoms with Crippen LogP contribution in [0.25, 0.3) is 16.7 Å². The van der Waals surface area contributed by atoms with Gasteiger partial charge in [0.25, 0.3) is 5.91 Å². The van der Waals surface area contributed by atoms with Gasteiger partial charge in [0.2, 0.25) is 0 Å². The summed E-state index contributed by atoms with van der Waals surface area (Å²) in [5.41, 5.74) is 3.46. The minimum absolute atomic E-state index is 0.273. The average Bonchev–Trinajstić information content (AvgIpc) is 3.10. The van der Waals surface area contributed by atoms with E-state index in [4.69, 9.17) is 16.3 Å². The van der Waals surface area contributed by atoms with Gasteiger partial charge in [0, 0.05) is 12.7 Å². The molecule has 0 aliphatic rings. The highest BCUT2D eigenvalue weighted by Gasteiger charge is 2.20. The Hall–Kier alpha value is -3.38. The number of hydrogen-bond acceptors (Lipinski definition) is 4. The summed E-state index contributed by atoms with van der Waals surface area (Å²) in [5.74, 6) is 0.482. The zero-order valence-corrected chi connectivity index (χ0v) is 16.8. The Balaban J connectivity index is 1.67. The van der Waals surface area contributed by atoms with Crippen LogP contribution in [0.4, 0.5) is 0 Å². The Labute approximate surface area is 173 Å². The lowest BCUT2D eigenvalue weighted by Gasteiger charge is -2.08. The second-order valence-electron chi connectivity index (χ2n) is 6.55. The van der Waals surface area contributed by atoms with E-state index >= 15 is 0 Å². The number of aryl methyl sites for hydroxylation is 1. The van der Waals surface area contributed by atoms with Crippen molar-refractivity contribution in [2.24, 2.45) is 0 Å². The summed E-state index contributed by atoms with van der Waals surface area (Å²) in [6, 6.07) is 17.2. The molecule has 146 valence electrons. The minimum atomic E-state index is -0.273. The zero-order chi connectivity index (χ0) is 20.4. The SMILES string of the molecule is COc1ccc(-n2nc(C)c3c(Cl)c(C(=O)NCc4ccccc4)cnc32)cc1. The van der Waals surface area contributed by atoms with Crippen LogP contribution in [0.1, 0.15) is 21.6 Å². The van der Waals surface area contributed by atoms with Crippen LogP contribution in [0.3, 0.4) is 0 Å². The van der Waals surface area contributed by atoms with E-state index in [0.717, 1.165) is 17.0 Å². The van der Waals surface area contributed by atoms with Crippen LogP contribution in [-0.4, -0.2) is 27.8 Å². The summed E-state index contributed by atoms with van der Waals surface area (Å²) in [6.07, 6.45) is 1.49. The first-order valence-electron chi connectivity index (χ1n) is 9.09. The molecule has 2 heterocycles. The number of carbonyl (C=O) groups excluding carboxylic acids is 1. The molecule has 0 fully saturated rings. The fourth-order valence-corrected chi connectivity index (χ4v) is 3.50. The van der Waals surface area contributed by atoms with Crippen LogP contribution in [-0.2, 0) is 6.54 Å². The fraction of sp³-hybridized carbons (Fsp3) is 0.136. The number of ether oxygens (including phenoxy) is 1. The predicted molar refractivity (Wildman–Crippen MR) is 113 cm³/mol. The van der Waals surface area contributed by atoms with Gasteiger partial charge in [0.1, 0.15) is 5.75 Å².